The van der Waals surface area contributed by atoms with Crippen molar-refractivity contribution in [3.8, 4) is 6.07 Å². The van der Waals surface area contributed by atoms with Gasteiger partial charge in [-0.25, -0.2) is 0 Å². The van der Waals surface area contributed by atoms with E-state index in [1.807, 2.05) is 6.07 Å². The molecule has 6 heteroatoms. The molecule has 1 saturated heterocycles. The molecule has 0 aromatic heterocycles. The number of aliphatic hydroxyl groups excluding tert-OH is 3. The van der Waals surface area contributed by atoms with Crippen LogP contribution in [-0.2, 0) is 9.47 Å². The number of rotatable bonds is 2. The monoisotopic (exact) mass is 203 g/mol. The molecule has 1 rings (SSSR count). The van der Waals surface area contributed by atoms with Crippen molar-refractivity contribution in [1.82, 2.24) is 0 Å². The molecule has 1 aliphatic heterocycles. The van der Waals surface area contributed by atoms with Gasteiger partial charge in [-0.2, -0.15) is 5.26 Å². The highest BCUT2D eigenvalue weighted by Gasteiger charge is 2.43. The molecule has 0 spiro atoms. The molecular formula is C8H13NO5. The molecule has 5 atom stereocenters. The Bertz CT molecular complexity index is 226. The van der Waals surface area contributed by atoms with Crippen molar-refractivity contribution < 1.29 is 24.8 Å². The standard InChI is InChI=1S/C8H13NO5/c1-13-8-7(12)6(11)5(10)4(14-8)2-3-9/h4-8,10-12H,2H2,1H3/t4-,5-,6+,7-,8+/m1/s1. The predicted molar refractivity (Wildman–Crippen MR) is 43.9 cm³/mol. The maximum absolute atomic E-state index is 9.41. The average molecular weight is 203 g/mol. The second kappa shape index (κ2) is 4.68. The maximum Gasteiger partial charge on any atom is 0.186 e. The van der Waals surface area contributed by atoms with Crippen LogP contribution in [0.15, 0.2) is 0 Å². The van der Waals surface area contributed by atoms with Gasteiger partial charge >= 0.3 is 0 Å². The summed E-state index contributed by atoms with van der Waals surface area (Å²) < 4.78 is 9.81. The smallest absolute Gasteiger partial charge is 0.186 e. The van der Waals surface area contributed by atoms with Crippen molar-refractivity contribution in [2.24, 2.45) is 0 Å². The van der Waals surface area contributed by atoms with Crippen molar-refractivity contribution in [2.75, 3.05) is 7.11 Å². The van der Waals surface area contributed by atoms with Crippen LogP contribution >= 0.6 is 0 Å². The normalized spacial score (nSPS) is 43.2. The van der Waals surface area contributed by atoms with Gasteiger partial charge in [0.2, 0.25) is 0 Å². The van der Waals surface area contributed by atoms with Crippen LogP contribution < -0.4 is 0 Å². The van der Waals surface area contributed by atoms with Gasteiger partial charge in [-0.1, -0.05) is 0 Å². The molecule has 1 fully saturated rings. The molecule has 0 unspecified atom stereocenters. The van der Waals surface area contributed by atoms with Crippen LogP contribution in [0.3, 0.4) is 0 Å². The Labute approximate surface area is 81.3 Å². The number of methoxy groups -OCH3 is 1. The first-order valence-electron chi connectivity index (χ1n) is 4.21. The minimum absolute atomic E-state index is 0.0647. The Morgan fingerprint density at radius 2 is 1.93 bits per heavy atom. The van der Waals surface area contributed by atoms with Crippen molar-refractivity contribution in [3.63, 3.8) is 0 Å². The fraction of sp³-hybridized carbons (Fsp3) is 0.875. The molecule has 0 aromatic rings. The lowest BCUT2D eigenvalue weighted by Gasteiger charge is -2.38. The summed E-state index contributed by atoms with van der Waals surface area (Å²) in [5.74, 6) is 0. The van der Waals surface area contributed by atoms with E-state index < -0.39 is 30.7 Å². The van der Waals surface area contributed by atoms with E-state index in [-0.39, 0.29) is 6.42 Å². The number of hydrogen-bond donors (Lipinski definition) is 3. The summed E-state index contributed by atoms with van der Waals surface area (Å²) in [6.45, 7) is 0. The summed E-state index contributed by atoms with van der Waals surface area (Å²) in [7, 11) is 1.31. The largest absolute Gasteiger partial charge is 0.388 e. The summed E-state index contributed by atoms with van der Waals surface area (Å²) in [6, 6.07) is 1.81. The van der Waals surface area contributed by atoms with Gasteiger partial charge < -0.3 is 24.8 Å². The van der Waals surface area contributed by atoms with E-state index in [2.05, 4.69) is 0 Å². The van der Waals surface area contributed by atoms with Crippen LogP contribution in [0.25, 0.3) is 0 Å². The van der Waals surface area contributed by atoms with E-state index in [0.29, 0.717) is 0 Å². The molecule has 0 aromatic carbocycles. The summed E-state index contributed by atoms with van der Waals surface area (Å²) in [5.41, 5.74) is 0. The molecule has 14 heavy (non-hydrogen) atoms. The Morgan fingerprint density at radius 1 is 1.29 bits per heavy atom. The number of aliphatic hydroxyl groups is 3. The zero-order chi connectivity index (χ0) is 10.7. The molecule has 80 valence electrons. The second-order valence-corrected chi connectivity index (χ2v) is 3.11. The average Bonchev–Trinajstić information content (AvgIpc) is 2.19. The SMILES string of the molecule is CO[C@H]1O[C@H](CC#N)[C@@H](O)[C@H](O)[C@H]1O. The van der Waals surface area contributed by atoms with Crippen molar-refractivity contribution in [3.05, 3.63) is 0 Å². The Kier molecular flexibility index (Phi) is 3.80. The highest BCUT2D eigenvalue weighted by Crippen LogP contribution is 2.23. The van der Waals surface area contributed by atoms with Gasteiger partial charge in [-0.15, -0.1) is 0 Å². The van der Waals surface area contributed by atoms with Gasteiger partial charge in [0.15, 0.2) is 6.29 Å². The number of ether oxygens (including phenoxy) is 2. The van der Waals surface area contributed by atoms with Crippen LogP contribution in [0.1, 0.15) is 6.42 Å². The molecule has 1 heterocycles. The highest BCUT2D eigenvalue weighted by atomic mass is 16.7. The van der Waals surface area contributed by atoms with Crippen LogP contribution in [0.4, 0.5) is 0 Å². The number of nitrogens with zero attached hydrogens (tertiary/aromatic N) is 1. The lowest BCUT2D eigenvalue weighted by Crippen LogP contribution is -2.57. The Balaban J connectivity index is 2.69. The van der Waals surface area contributed by atoms with E-state index in [1.54, 1.807) is 0 Å². The van der Waals surface area contributed by atoms with E-state index in [4.69, 9.17) is 14.7 Å². The summed E-state index contributed by atoms with van der Waals surface area (Å²) in [4.78, 5) is 0. The first-order valence-corrected chi connectivity index (χ1v) is 4.21. The van der Waals surface area contributed by atoms with Crippen LogP contribution in [0.2, 0.25) is 0 Å². The predicted octanol–water partition coefficient (Wildman–Crippen LogP) is -1.65. The van der Waals surface area contributed by atoms with E-state index in [1.165, 1.54) is 7.11 Å². The molecule has 0 radical (unpaired) electrons. The van der Waals surface area contributed by atoms with Crippen LogP contribution in [0.5, 0.6) is 0 Å². The van der Waals surface area contributed by atoms with Gasteiger partial charge in [-0.3, -0.25) is 0 Å². The van der Waals surface area contributed by atoms with E-state index in [9.17, 15) is 15.3 Å². The zero-order valence-corrected chi connectivity index (χ0v) is 7.70. The third kappa shape index (κ3) is 2.03. The van der Waals surface area contributed by atoms with Gasteiger partial charge in [0.1, 0.15) is 24.4 Å². The molecule has 6 nitrogen and oxygen atoms in total. The fourth-order valence-corrected chi connectivity index (χ4v) is 1.37. The van der Waals surface area contributed by atoms with Gasteiger partial charge in [0, 0.05) is 7.11 Å². The summed E-state index contributed by atoms with van der Waals surface area (Å²) in [6.07, 6.45) is -5.83. The number of hydrogen-bond acceptors (Lipinski definition) is 6. The Hall–Kier alpha value is -0.710. The Morgan fingerprint density at radius 3 is 2.43 bits per heavy atom. The number of nitriles is 1. The minimum Gasteiger partial charge on any atom is -0.388 e. The first kappa shape index (κ1) is 11.4. The minimum atomic E-state index is -1.35. The van der Waals surface area contributed by atoms with Crippen LogP contribution in [-0.4, -0.2) is 53.1 Å². The maximum atomic E-state index is 9.41. The fourth-order valence-electron chi connectivity index (χ4n) is 1.37. The highest BCUT2D eigenvalue weighted by molar-refractivity contribution is 4.92. The van der Waals surface area contributed by atoms with Gasteiger partial charge in [0.05, 0.1) is 12.5 Å². The second-order valence-electron chi connectivity index (χ2n) is 3.11. The molecule has 3 N–H and O–H groups in total. The lowest BCUT2D eigenvalue weighted by atomic mass is 9.97. The third-order valence-corrected chi connectivity index (χ3v) is 2.19. The van der Waals surface area contributed by atoms with Crippen molar-refractivity contribution in [1.29, 1.82) is 5.26 Å². The zero-order valence-electron chi connectivity index (χ0n) is 7.70. The molecule has 0 bridgehead atoms. The van der Waals surface area contributed by atoms with Gasteiger partial charge in [-0.05, 0) is 0 Å². The third-order valence-electron chi connectivity index (χ3n) is 2.19. The molecule has 0 amide bonds. The molecule has 0 aliphatic carbocycles. The molecular weight excluding hydrogens is 190 g/mol. The lowest BCUT2D eigenvalue weighted by molar-refractivity contribution is -0.288. The van der Waals surface area contributed by atoms with Crippen LogP contribution in [0, 0.1) is 11.3 Å². The topological polar surface area (TPSA) is 103 Å². The quantitative estimate of drug-likeness (QED) is 0.497. The molecule has 1 aliphatic rings. The summed E-state index contributed by atoms with van der Waals surface area (Å²) in [5, 5.41) is 36.6. The van der Waals surface area contributed by atoms with Crippen molar-refractivity contribution in [2.45, 2.75) is 37.1 Å². The molecule has 0 saturated carbocycles. The van der Waals surface area contributed by atoms with E-state index >= 15 is 0 Å². The van der Waals surface area contributed by atoms with Crippen molar-refractivity contribution >= 4 is 0 Å². The first-order chi connectivity index (χ1) is 6.61. The van der Waals surface area contributed by atoms with Gasteiger partial charge in [0.25, 0.3) is 0 Å². The summed E-state index contributed by atoms with van der Waals surface area (Å²) >= 11 is 0. The van der Waals surface area contributed by atoms with E-state index in [0.717, 1.165) is 0 Å².